The summed E-state index contributed by atoms with van der Waals surface area (Å²) in [6, 6.07) is 24.9. The highest BCUT2D eigenvalue weighted by Gasteiger charge is 2.32. The topological polar surface area (TPSA) is 73.7 Å². The van der Waals surface area contributed by atoms with Crippen molar-refractivity contribution in [3.05, 3.63) is 125 Å². The molecule has 0 aromatic heterocycles. The molecule has 4 aromatic rings. The molecule has 39 heavy (non-hydrogen) atoms. The molecule has 0 saturated carbocycles. The van der Waals surface area contributed by atoms with Crippen LogP contribution in [-0.4, -0.2) is 29.5 Å². The third kappa shape index (κ3) is 6.38. The van der Waals surface area contributed by atoms with Crippen molar-refractivity contribution in [1.82, 2.24) is 5.32 Å². The van der Waals surface area contributed by atoms with Gasteiger partial charge in [-0.3, -0.25) is 9.79 Å². The fourth-order valence-electron chi connectivity index (χ4n) is 4.83. The van der Waals surface area contributed by atoms with Crippen molar-refractivity contribution in [2.75, 3.05) is 11.9 Å². The van der Waals surface area contributed by atoms with Crippen LogP contribution in [0.5, 0.6) is 0 Å². The standard InChI is InChI=1S/C32H29F2N3O2/c1-20(35-16-15-21-5-12-26(33)13-6-21)36-28-14-11-25-18-30(38)31(29(25)19-28)37-32(39)23-9-7-22(8-10-23)24-3-2-4-27(34)17-24/h2-14,17,19,30-31,38H,15-16,18H2,1H3,(H,35,36)(H,37,39)/t30-,31-/m1/s1. The molecule has 5 rings (SSSR count). The number of nitrogens with one attached hydrogen (secondary N) is 2. The van der Waals surface area contributed by atoms with Crippen molar-refractivity contribution in [3.63, 3.8) is 0 Å². The average molecular weight is 526 g/mol. The van der Waals surface area contributed by atoms with Crippen molar-refractivity contribution in [2.45, 2.75) is 31.9 Å². The SMILES string of the molecule is CC(=NCCc1ccc(F)cc1)Nc1ccc2c(c1)[C@@H](NC(=O)c1ccc(-c3cccc(F)c3)cc1)[C@H](O)C2. The second-order valence-corrected chi connectivity index (χ2v) is 9.69. The molecule has 2 atom stereocenters. The number of aliphatic hydroxyl groups excluding tert-OH is 1. The lowest BCUT2D eigenvalue weighted by molar-refractivity contribution is 0.0858. The van der Waals surface area contributed by atoms with E-state index in [4.69, 9.17) is 0 Å². The number of hydrogen-bond acceptors (Lipinski definition) is 3. The molecule has 1 aliphatic carbocycles. The van der Waals surface area contributed by atoms with Gasteiger partial charge in [0.05, 0.1) is 18.0 Å². The van der Waals surface area contributed by atoms with Crippen molar-refractivity contribution in [1.29, 1.82) is 0 Å². The second kappa shape index (κ2) is 11.6. The summed E-state index contributed by atoms with van der Waals surface area (Å²) in [6.07, 6.45) is 0.410. The number of nitrogens with zero attached hydrogens (tertiary/aromatic N) is 1. The van der Waals surface area contributed by atoms with Gasteiger partial charge in [-0.25, -0.2) is 8.78 Å². The van der Waals surface area contributed by atoms with Gasteiger partial charge in [-0.05, 0) is 89.7 Å². The van der Waals surface area contributed by atoms with Gasteiger partial charge >= 0.3 is 0 Å². The number of aliphatic hydroxyl groups is 1. The maximum absolute atomic E-state index is 13.6. The van der Waals surface area contributed by atoms with E-state index in [2.05, 4.69) is 15.6 Å². The van der Waals surface area contributed by atoms with Crippen LogP contribution in [0.2, 0.25) is 0 Å². The van der Waals surface area contributed by atoms with Crippen LogP contribution in [0.15, 0.2) is 96.0 Å². The normalized spacial score (nSPS) is 16.6. The molecule has 1 amide bonds. The van der Waals surface area contributed by atoms with Gasteiger partial charge in [-0.2, -0.15) is 0 Å². The van der Waals surface area contributed by atoms with E-state index in [0.717, 1.165) is 39.3 Å². The fourth-order valence-corrected chi connectivity index (χ4v) is 4.83. The molecule has 5 nitrogen and oxygen atoms in total. The molecule has 0 unspecified atom stereocenters. The summed E-state index contributed by atoms with van der Waals surface area (Å²) >= 11 is 0. The highest BCUT2D eigenvalue weighted by Crippen LogP contribution is 2.34. The van der Waals surface area contributed by atoms with Crippen LogP contribution in [0, 0.1) is 11.6 Å². The van der Waals surface area contributed by atoms with E-state index in [1.807, 2.05) is 31.2 Å². The lowest BCUT2D eigenvalue weighted by atomic mass is 10.0. The first-order chi connectivity index (χ1) is 18.9. The van der Waals surface area contributed by atoms with E-state index in [1.54, 1.807) is 42.5 Å². The molecule has 0 spiro atoms. The van der Waals surface area contributed by atoms with Crippen LogP contribution in [0.4, 0.5) is 14.5 Å². The first kappa shape index (κ1) is 26.3. The lowest BCUT2D eigenvalue weighted by Crippen LogP contribution is -2.33. The number of halogens is 2. The number of amides is 1. The maximum Gasteiger partial charge on any atom is 0.251 e. The molecular weight excluding hydrogens is 496 g/mol. The van der Waals surface area contributed by atoms with E-state index >= 15 is 0 Å². The fraction of sp³-hybridized carbons (Fsp3) is 0.188. The molecular formula is C32H29F2N3O2. The lowest BCUT2D eigenvalue weighted by Gasteiger charge is -2.19. The van der Waals surface area contributed by atoms with Gasteiger partial charge in [0.1, 0.15) is 11.6 Å². The molecule has 198 valence electrons. The van der Waals surface area contributed by atoms with Crippen molar-refractivity contribution >= 4 is 17.4 Å². The molecule has 0 radical (unpaired) electrons. The molecule has 0 bridgehead atoms. The van der Waals surface area contributed by atoms with E-state index < -0.39 is 12.1 Å². The van der Waals surface area contributed by atoms with E-state index in [-0.39, 0.29) is 17.5 Å². The van der Waals surface area contributed by atoms with Gasteiger partial charge in [-0.15, -0.1) is 0 Å². The molecule has 4 aromatic carbocycles. The number of aliphatic imine (C=N–C) groups is 1. The highest BCUT2D eigenvalue weighted by atomic mass is 19.1. The number of benzene rings is 4. The number of rotatable bonds is 7. The number of carbonyl (C=O) groups excluding carboxylic acids is 1. The van der Waals surface area contributed by atoms with Gasteiger partial charge in [-0.1, -0.05) is 42.5 Å². The second-order valence-electron chi connectivity index (χ2n) is 9.69. The molecule has 0 aliphatic heterocycles. The van der Waals surface area contributed by atoms with Crippen LogP contribution < -0.4 is 10.6 Å². The summed E-state index contributed by atoms with van der Waals surface area (Å²) in [5.41, 5.74) is 5.65. The van der Waals surface area contributed by atoms with Gasteiger partial charge in [0.25, 0.3) is 5.91 Å². The molecule has 0 saturated heterocycles. The minimum absolute atomic E-state index is 0.255. The van der Waals surface area contributed by atoms with Crippen molar-refractivity contribution < 1.29 is 18.7 Å². The van der Waals surface area contributed by atoms with Crippen LogP contribution in [0.25, 0.3) is 11.1 Å². The largest absolute Gasteiger partial charge is 0.390 e. The van der Waals surface area contributed by atoms with Crippen LogP contribution in [0.1, 0.15) is 40.0 Å². The van der Waals surface area contributed by atoms with Crippen LogP contribution in [-0.2, 0) is 12.8 Å². The number of carbonyl (C=O) groups is 1. The Morgan fingerprint density at radius 3 is 2.44 bits per heavy atom. The Morgan fingerprint density at radius 1 is 0.923 bits per heavy atom. The summed E-state index contributed by atoms with van der Waals surface area (Å²) in [6.45, 7) is 2.43. The molecule has 1 aliphatic rings. The third-order valence-electron chi connectivity index (χ3n) is 6.87. The summed E-state index contributed by atoms with van der Waals surface area (Å²) in [5, 5.41) is 17.0. The Morgan fingerprint density at radius 2 is 1.69 bits per heavy atom. The van der Waals surface area contributed by atoms with Gasteiger partial charge in [0.2, 0.25) is 0 Å². The molecule has 0 heterocycles. The van der Waals surface area contributed by atoms with Gasteiger partial charge in [0.15, 0.2) is 0 Å². The third-order valence-corrected chi connectivity index (χ3v) is 6.87. The number of fused-ring (bicyclic) bond motifs is 1. The summed E-state index contributed by atoms with van der Waals surface area (Å²) in [5.74, 6) is -0.136. The Hall–Kier alpha value is -4.36. The van der Waals surface area contributed by atoms with Gasteiger partial charge < -0.3 is 15.7 Å². The summed E-state index contributed by atoms with van der Waals surface area (Å²) in [7, 11) is 0. The predicted molar refractivity (Wildman–Crippen MR) is 150 cm³/mol. The first-order valence-corrected chi connectivity index (χ1v) is 12.9. The van der Waals surface area contributed by atoms with Crippen molar-refractivity contribution in [2.24, 2.45) is 4.99 Å². The summed E-state index contributed by atoms with van der Waals surface area (Å²) < 4.78 is 26.6. The Labute approximate surface area is 226 Å². The van der Waals surface area contributed by atoms with Gasteiger partial charge in [0, 0.05) is 24.2 Å². The molecule has 0 fully saturated rings. The zero-order valence-corrected chi connectivity index (χ0v) is 21.5. The zero-order chi connectivity index (χ0) is 27.4. The zero-order valence-electron chi connectivity index (χ0n) is 21.5. The minimum Gasteiger partial charge on any atom is -0.390 e. The quantitative estimate of drug-likeness (QED) is 0.202. The average Bonchev–Trinajstić information content (AvgIpc) is 3.24. The molecule has 7 heteroatoms. The smallest absolute Gasteiger partial charge is 0.251 e. The van der Waals surface area contributed by atoms with Crippen molar-refractivity contribution in [3.8, 4) is 11.1 Å². The minimum atomic E-state index is -0.740. The van der Waals surface area contributed by atoms with E-state index in [9.17, 15) is 18.7 Å². The summed E-state index contributed by atoms with van der Waals surface area (Å²) in [4.78, 5) is 17.6. The van der Waals surface area contributed by atoms with Crippen LogP contribution in [0.3, 0.4) is 0 Å². The maximum atomic E-state index is 13.6. The van der Waals surface area contributed by atoms with E-state index in [1.165, 1.54) is 24.3 Å². The number of anilines is 1. The Kier molecular flexibility index (Phi) is 7.79. The molecule has 3 N–H and O–H groups in total. The van der Waals surface area contributed by atoms with Crippen LogP contribution >= 0.6 is 0 Å². The Balaban J connectivity index is 1.23. The number of hydrogen-bond donors (Lipinski definition) is 3. The highest BCUT2D eigenvalue weighted by molar-refractivity contribution is 5.95. The number of amidine groups is 1. The van der Waals surface area contributed by atoms with E-state index in [0.29, 0.717) is 24.9 Å². The first-order valence-electron chi connectivity index (χ1n) is 12.9. The predicted octanol–water partition coefficient (Wildman–Crippen LogP) is 6.09. The Bertz CT molecular complexity index is 1500. The monoisotopic (exact) mass is 525 g/mol.